The molecule has 0 saturated heterocycles. The first kappa shape index (κ1) is 17.7. The summed E-state index contributed by atoms with van der Waals surface area (Å²) in [5.74, 6) is 0. The second-order valence-corrected chi connectivity index (χ2v) is 8.32. The number of benzene rings is 1. The quantitative estimate of drug-likeness (QED) is 0.514. The molecule has 0 aliphatic heterocycles. The Hall–Kier alpha value is -2.68. The van der Waals surface area contributed by atoms with Gasteiger partial charge in [0.2, 0.25) is 0 Å². The molecule has 3 heterocycles. The smallest absolute Gasteiger partial charge is 0.312 e. The van der Waals surface area contributed by atoms with Crippen LogP contribution >= 0.6 is 11.3 Å². The Bertz CT molecular complexity index is 1230. The van der Waals surface area contributed by atoms with E-state index in [1.165, 1.54) is 4.52 Å². The van der Waals surface area contributed by atoms with Gasteiger partial charge in [-0.25, -0.2) is 9.50 Å². The van der Waals surface area contributed by atoms with Crippen molar-refractivity contribution in [1.82, 2.24) is 19.6 Å². The average Bonchev–Trinajstić information content (AvgIpc) is 3.11. The summed E-state index contributed by atoms with van der Waals surface area (Å²) in [6, 6.07) is 6.36. The molecule has 5 nitrogen and oxygen atoms in total. The lowest BCUT2D eigenvalue weighted by atomic mass is 9.87. The molecule has 0 aliphatic rings. The molecule has 0 atom stereocenters. The minimum Gasteiger partial charge on any atom is -0.312 e. The number of hydrogen-bond donors (Lipinski definition) is 1. The molecular weight excluding hydrogens is 377 g/mol. The van der Waals surface area contributed by atoms with Crippen LogP contribution in [0.3, 0.4) is 0 Å². The summed E-state index contributed by atoms with van der Waals surface area (Å²) in [5.41, 5.74) is 1.62. The predicted octanol–water partition coefficient (Wildman–Crippen LogP) is 4.62. The van der Waals surface area contributed by atoms with Crippen molar-refractivity contribution in [2.75, 3.05) is 0 Å². The van der Waals surface area contributed by atoms with Gasteiger partial charge in [0.25, 0.3) is 0 Å². The number of nitrogens with one attached hydrogen (secondary N) is 1. The molecule has 1 N–H and O–H groups in total. The molecule has 9 heteroatoms. The summed E-state index contributed by atoms with van der Waals surface area (Å²) in [6.45, 7) is 5.84. The molecule has 0 spiro atoms. The van der Waals surface area contributed by atoms with E-state index in [1.807, 2.05) is 20.8 Å². The minimum atomic E-state index is -4.55. The second kappa shape index (κ2) is 5.66. The third-order valence-electron chi connectivity index (χ3n) is 4.24. The zero-order valence-corrected chi connectivity index (χ0v) is 15.5. The molecule has 1 aromatic carbocycles. The zero-order valence-electron chi connectivity index (χ0n) is 14.7. The fraction of sp³-hybridized carbons (Fsp3) is 0.278. The van der Waals surface area contributed by atoms with Gasteiger partial charge >= 0.3 is 11.0 Å². The number of fused-ring (bicyclic) bond motifs is 2. The molecule has 0 fully saturated rings. The van der Waals surface area contributed by atoms with E-state index >= 15 is 0 Å². The van der Waals surface area contributed by atoms with Gasteiger partial charge in [-0.15, -0.1) is 0 Å². The molecule has 0 unspecified atom stereocenters. The maximum absolute atomic E-state index is 13.2. The van der Waals surface area contributed by atoms with E-state index in [9.17, 15) is 18.0 Å². The highest BCUT2D eigenvalue weighted by atomic mass is 32.1. The van der Waals surface area contributed by atoms with Crippen molar-refractivity contribution in [3.05, 3.63) is 51.6 Å². The third-order valence-corrected chi connectivity index (χ3v) is 5.08. The zero-order chi connectivity index (χ0) is 19.6. The van der Waals surface area contributed by atoms with Gasteiger partial charge in [0.1, 0.15) is 12.0 Å². The maximum atomic E-state index is 13.2. The molecule has 4 aromatic rings. The van der Waals surface area contributed by atoms with Crippen LogP contribution in [-0.4, -0.2) is 19.6 Å². The number of hydrogen-bond acceptors (Lipinski definition) is 4. The number of aromatic amines is 1. The Labute approximate surface area is 155 Å². The molecule has 0 saturated carbocycles. The lowest BCUT2D eigenvalue weighted by molar-refractivity contribution is -0.141. The van der Waals surface area contributed by atoms with Gasteiger partial charge in [0.15, 0.2) is 0 Å². The van der Waals surface area contributed by atoms with Crippen molar-refractivity contribution in [2.24, 2.45) is 0 Å². The van der Waals surface area contributed by atoms with Crippen LogP contribution in [0.5, 0.6) is 0 Å². The van der Waals surface area contributed by atoms with E-state index in [2.05, 4.69) is 15.1 Å². The van der Waals surface area contributed by atoms with Crippen LogP contribution in [0.1, 0.15) is 32.2 Å². The highest BCUT2D eigenvalue weighted by Gasteiger charge is 2.34. The Morgan fingerprint density at radius 2 is 1.89 bits per heavy atom. The molecule has 4 rings (SSSR count). The van der Waals surface area contributed by atoms with Crippen LogP contribution in [0.4, 0.5) is 13.2 Å². The van der Waals surface area contributed by atoms with E-state index < -0.39 is 17.3 Å². The highest BCUT2D eigenvalue weighted by Crippen LogP contribution is 2.38. The SMILES string of the molecule is CC(C)(C)c1nn2cnc(C(F)(F)F)cc2c1-c1ccc2[nH]c(=O)sc2c1. The average molecular weight is 392 g/mol. The summed E-state index contributed by atoms with van der Waals surface area (Å²) in [4.78, 5) is 17.6. The van der Waals surface area contributed by atoms with E-state index in [-0.39, 0.29) is 4.87 Å². The summed E-state index contributed by atoms with van der Waals surface area (Å²) in [6.07, 6.45) is -3.46. The molecule has 3 aromatic heterocycles. The number of rotatable bonds is 1. The summed E-state index contributed by atoms with van der Waals surface area (Å²) >= 11 is 1.06. The molecule has 0 amide bonds. The van der Waals surface area contributed by atoms with Crippen LogP contribution in [-0.2, 0) is 11.6 Å². The lowest BCUT2D eigenvalue weighted by Gasteiger charge is -2.17. The van der Waals surface area contributed by atoms with Crippen LogP contribution in [0.2, 0.25) is 0 Å². The van der Waals surface area contributed by atoms with Gasteiger partial charge in [0.05, 0.1) is 21.4 Å². The molecular formula is C18H15F3N4OS. The summed E-state index contributed by atoms with van der Waals surface area (Å²) in [5, 5.41) is 4.49. The van der Waals surface area contributed by atoms with Crippen LogP contribution < -0.4 is 4.87 Å². The Morgan fingerprint density at radius 1 is 1.15 bits per heavy atom. The number of alkyl halides is 3. The van der Waals surface area contributed by atoms with Gasteiger partial charge in [-0.2, -0.15) is 18.3 Å². The van der Waals surface area contributed by atoms with E-state index in [4.69, 9.17) is 0 Å². The van der Waals surface area contributed by atoms with E-state index in [1.54, 1.807) is 18.2 Å². The minimum absolute atomic E-state index is 0.179. The fourth-order valence-electron chi connectivity index (χ4n) is 3.02. The van der Waals surface area contributed by atoms with Gasteiger partial charge in [-0.1, -0.05) is 38.2 Å². The van der Waals surface area contributed by atoms with Crippen LogP contribution in [0.15, 0.2) is 35.4 Å². The largest absolute Gasteiger partial charge is 0.433 e. The summed E-state index contributed by atoms with van der Waals surface area (Å²) in [7, 11) is 0. The first-order chi connectivity index (χ1) is 12.5. The van der Waals surface area contributed by atoms with Crippen molar-refractivity contribution in [3.8, 4) is 11.1 Å². The van der Waals surface area contributed by atoms with Crippen molar-refractivity contribution in [1.29, 1.82) is 0 Å². The molecule has 27 heavy (non-hydrogen) atoms. The predicted molar refractivity (Wildman–Crippen MR) is 98.1 cm³/mol. The van der Waals surface area contributed by atoms with Crippen molar-refractivity contribution in [2.45, 2.75) is 32.4 Å². The number of thiazole rings is 1. The Balaban J connectivity index is 2.06. The van der Waals surface area contributed by atoms with Crippen molar-refractivity contribution >= 4 is 27.1 Å². The Kier molecular flexibility index (Phi) is 3.71. The molecule has 0 bridgehead atoms. The first-order valence-electron chi connectivity index (χ1n) is 8.13. The first-order valence-corrected chi connectivity index (χ1v) is 8.95. The standard InChI is InChI=1S/C18H15F3N4OS/c1-17(2,3)15-14(9-4-5-10-12(6-9)27-16(26)23-10)11-7-13(18(19,20)21)22-8-25(11)24-15/h4-8H,1-3H3,(H,23,26). The van der Waals surface area contributed by atoms with Crippen molar-refractivity contribution < 1.29 is 13.2 Å². The van der Waals surface area contributed by atoms with Gasteiger partial charge in [-0.3, -0.25) is 4.79 Å². The second-order valence-electron chi connectivity index (χ2n) is 7.30. The van der Waals surface area contributed by atoms with Gasteiger partial charge in [-0.05, 0) is 23.8 Å². The fourth-order valence-corrected chi connectivity index (χ4v) is 3.80. The normalized spacial score (nSPS) is 13.0. The lowest BCUT2D eigenvalue weighted by Crippen LogP contribution is -2.13. The Morgan fingerprint density at radius 3 is 2.56 bits per heavy atom. The van der Waals surface area contributed by atoms with Crippen LogP contribution in [0, 0.1) is 0 Å². The highest BCUT2D eigenvalue weighted by molar-refractivity contribution is 7.16. The third kappa shape index (κ3) is 3.01. The molecule has 0 radical (unpaired) electrons. The van der Waals surface area contributed by atoms with Gasteiger partial charge in [0, 0.05) is 11.0 Å². The maximum Gasteiger partial charge on any atom is 0.433 e. The molecule has 0 aliphatic carbocycles. The summed E-state index contributed by atoms with van der Waals surface area (Å²) < 4.78 is 41.6. The van der Waals surface area contributed by atoms with E-state index in [0.717, 1.165) is 28.4 Å². The van der Waals surface area contributed by atoms with E-state index in [0.29, 0.717) is 27.9 Å². The number of aromatic nitrogens is 4. The topological polar surface area (TPSA) is 63.1 Å². The monoisotopic (exact) mass is 392 g/mol. The van der Waals surface area contributed by atoms with Crippen LogP contribution in [0.25, 0.3) is 26.9 Å². The van der Waals surface area contributed by atoms with Gasteiger partial charge < -0.3 is 4.98 Å². The number of halogens is 3. The number of nitrogens with zero attached hydrogens (tertiary/aromatic N) is 3. The van der Waals surface area contributed by atoms with Crippen molar-refractivity contribution in [3.63, 3.8) is 0 Å². The number of H-pyrrole nitrogens is 1. The molecule has 140 valence electrons.